The quantitative estimate of drug-likeness (QED) is 0.811. The first kappa shape index (κ1) is 15.9. The second-order valence-electron chi connectivity index (χ2n) is 3.97. The standard InChI is InChI=1S/C13H12FNO3.C2H6/c1-8-7-11(17)15(2)12-9(8)3-4-10(14)13(12)18-6-5-16;1-2/h3-5,7H,6H2,1-2H3;1-2H3. The first-order valence-corrected chi connectivity index (χ1v) is 6.41. The molecule has 0 spiro atoms. The molecule has 2 rings (SSSR count). The summed E-state index contributed by atoms with van der Waals surface area (Å²) in [6, 6.07) is 4.33. The Morgan fingerprint density at radius 2 is 2.00 bits per heavy atom. The highest BCUT2D eigenvalue weighted by Gasteiger charge is 2.14. The Morgan fingerprint density at radius 3 is 2.60 bits per heavy atom. The van der Waals surface area contributed by atoms with Gasteiger partial charge < -0.3 is 9.30 Å². The van der Waals surface area contributed by atoms with Crippen molar-refractivity contribution in [2.45, 2.75) is 20.8 Å². The molecule has 0 amide bonds. The topological polar surface area (TPSA) is 48.3 Å². The molecule has 0 saturated heterocycles. The number of benzene rings is 1. The lowest BCUT2D eigenvalue weighted by Gasteiger charge is -2.13. The maximum atomic E-state index is 13.7. The van der Waals surface area contributed by atoms with Gasteiger partial charge >= 0.3 is 0 Å². The number of aldehydes is 1. The molecule has 0 N–H and O–H groups in total. The smallest absolute Gasteiger partial charge is 0.251 e. The first-order chi connectivity index (χ1) is 9.56. The van der Waals surface area contributed by atoms with Gasteiger partial charge in [-0.1, -0.05) is 13.8 Å². The summed E-state index contributed by atoms with van der Waals surface area (Å²) in [5.74, 6) is -0.659. The highest BCUT2D eigenvalue weighted by atomic mass is 19.1. The molecule has 5 heteroatoms. The Hall–Kier alpha value is -2.17. The maximum absolute atomic E-state index is 13.7. The number of hydrogen-bond acceptors (Lipinski definition) is 3. The molecule has 0 unspecified atom stereocenters. The molecule has 1 aromatic heterocycles. The van der Waals surface area contributed by atoms with Gasteiger partial charge in [0.05, 0.1) is 5.52 Å². The summed E-state index contributed by atoms with van der Waals surface area (Å²) >= 11 is 0. The number of rotatable bonds is 3. The van der Waals surface area contributed by atoms with Gasteiger partial charge in [0.2, 0.25) is 0 Å². The third kappa shape index (κ3) is 2.87. The SMILES string of the molecule is CC.Cc1cc(=O)n(C)c2c(OCC=O)c(F)ccc12. The van der Waals surface area contributed by atoms with Crippen molar-refractivity contribution < 1.29 is 13.9 Å². The van der Waals surface area contributed by atoms with Crippen LogP contribution >= 0.6 is 0 Å². The molecule has 0 aliphatic rings. The third-order valence-electron chi connectivity index (χ3n) is 2.81. The summed E-state index contributed by atoms with van der Waals surface area (Å²) in [7, 11) is 1.54. The zero-order valence-corrected chi connectivity index (χ0v) is 12.1. The molecule has 0 radical (unpaired) electrons. The highest BCUT2D eigenvalue weighted by molar-refractivity contribution is 5.88. The van der Waals surface area contributed by atoms with Crippen LogP contribution in [0.25, 0.3) is 10.9 Å². The van der Waals surface area contributed by atoms with Crippen LogP contribution in [-0.4, -0.2) is 17.5 Å². The minimum Gasteiger partial charge on any atom is -0.481 e. The summed E-state index contributed by atoms with van der Waals surface area (Å²) in [5.41, 5.74) is 0.854. The van der Waals surface area contributed by atoms with Gasteiger partial charge in [-0.05, 0) is 24.6 Å². The Morgan fingerprint density at radius 1 is 1.35 bits per heavy atom. The number of carbonyl (C=O) groups is 1. The molecule has 0 saturated carbocycles. The van der Waals surface area contributed by atoms with Crippen LogP contribution in [0.2, 0.25) is 0 Å². The van der Waals surface area contributed by atoms with Crippen molar-refractivity contribution in [1.29, 1.82) is 0 Å². The zero-order chi connectivity index (χ0) is 15.3. The van der Waals surface area contributed by atoms with Gasteiger partial charge in [0.25, 0.3) is 5.56 Å². The van der Waals surface area contributed by atoms with E-state index >= 15 is 0 Å². The molecule has 4 nitrogen and oxygen atoms in total. The van der Waals surface area contributed by atoms with Crippen LogP contribution < -0.4 is 10.3 Å². The fourth-order valence-corrected chi connectivity index (χ4v) is 1.92. The van der Waals surface area contributed by atoms with Gasteiger partial charge in [-0.2, -0.15) is 0 Å². The van der Waals surface area contributed by atoms with Gasteiger partial charge in [0.1, 0.15) is 6.61 Å². The van der Waals surface area contributed by atoms with Crippen molar-refractivity contribution in [3.8, 4) is 5.75 Å². The summed E-state index contributed by atoms with van der Waals surface area (Å²) < 4.78 is 20.1. The lowest BCUT2D eigenvalue weighted by molar-refractivity contribution is -0.109. The zero-order valence-electron chi connectivity index (χ0n) is 12.1. The van der Waals surface area contributed by atoms with Crippen LogP contribution in [0.4, 0.5) is 4.39 Å². The van der Waals surface area contributed by atoms with E-state index in [0.29, 0.717) is 11.8 Å². The number of aromatic nitrogens is 1. The average molecular weight is 279 g/mol. The van der Waals surface area contributed by atoms with Crippen LogP contribution in [0.3, 0.4) is 0 Å². The van der Waals surface area contributed by atoms with Crippen LogP contribution in [0.1, 0.15) is 19.4 Å². The van der Waals surface area contributed by atoms with Crippen molar-refractivity contribution in [2.24, 2.45) is 7.05 Å². The van der Waals surface area contributed by atoms with Crippen molar-refractivity contribution in [1.82, 2.24) is 4.57 Å². The fraction of sp³-hybridized carbons (Fsp3) is 0.333. The van der Waals surface area contributed by atoms with Gasteiger partial charge in [-0.25, -0.2) is 4.39 Å². The summed E-state index contributed by atoms with van der Waals surface area (Å²) in [4.78, 5) is 22.0. The van der Waals surface area contributed by atoms with E-state index in [-0.39, 0.29) is 17.9 Å². The predicted octanol–water partition coefficient (Wildman–Crippen LogP) is 2.59. The second kappa shape index (κ2) is 6.84. The predicted molar refractivity (Wildman–Crippen MR) is 76.8 cm³/mol. The monoisotopic (exact) mass is 279 g/mol. The van der Waals surface area contributed by atoms with E-state index in [4.69, 9.17) is 4.74 Å². The Bertz CT molecular complexity index is 677. The second-order valence-corrected chi connectivity index (χ2v) is 3.97. The number of nitrogens with zero attached hydrogens (tertiary/aromatic N) is 1. The molecule has 20 heavy (non-hydrogen) atoms. The lowest BCUT2D eigenvalue weighted by atomic mass is 10.1. The van der Waals surface area contributed by atoms with Gasteiger partial charge in [-0.3, -0.25) is 9.59 Å². The molecule has 0 bridgehead atoms. The molecule has 0 aliphatic heterocycles. The number of pyridine rings is 1. The van der Waals surface area contributed by atoms with E-state index in [1.807, 2.05) is 13.8 Å². The molecule has 1 heterocycles. The molecule has 0 fully saturated rings. The molecule has 1 aromatic carbocycles. The highest BCUT2D eigenvalue weighted by Crippen LogP contribution is 2.29. The minimum absolute atomic E-state index is 0.0668. The van der Waals surface area contributed by atoms with E-state index in [1.165, 1.54) is 23.7 Å². The average Bonchev–Trinajstić information content (AvgIpc) is 2.45. The third-order valence-corrected chi connectivity index (χ3v) is 2.81. The van der Waals surface area contributed by atoms with Gasteiger partial charge in [-0.15, -0.1) is 0 Å². The largest absolute Gasteiger partial charge is 0.481 e. The number of ether oxygens (including phenoxy) is 1. The van der Waals surface area contributed by atoms with Gasteiger partial charge in [0, 0.05) is 18.5 Å². The first-order valence-electron chi connectivity index (χ1n) is 6.41. The lowest BCUT2D eigenvalue weighted by Crippen LogP contribution is -2.18. The van der Waals surface area contributed by atoms with Crippen molar-refractivity contribution in [2.75, 3.05) is 6.61 Å². The van der Waals surface area contributed by atoms with E-state index < -0.39 is 5.82 Å². The van der Waals surface area contributed by atoms with Crippen molar-refractivity contribution in [3.05, 3.63) is 39.9 Å². The normalized spacial score (nSPS) is 9.85. The van der Waals surface area contributed by atoms with Crippen LogP contribution in [0.15, 0.2) is 23.0 Å². The fourth-order valence-electron chi connectivity index (χ4n) is 1.92. The van der Waals surface area contributed by atoms with Crippen LogP contribution in [0.5, 0.6) is 5.75 Å². The van der Waals surface area contributed by atoms with Gasteiger partial charge in [0.15, 0.2) is 17.9 Å². The molecule has 2 aromatic rings. The van der Waals surface area contributed by atoms with E-state index in [9.17, 15) is 14.0 Å². The summed E-state index contributed by atoms with van der Waals surface area (Å²) in [6.07, 6.45) is 0.534. The molecule has 0 aliphatic carbocycles. The molecular formula is C15H18FNO3. The number of carbonyl (C=O) groups excluding carboxylic acids is 1. The van der Waals surface area contributed by atoms with E-state index in [1.54, 1.807) is 13.0 Å². The van der Waals surface area contributed by atoms with Crippen LogP contribution in [-0.2, 0) is 11.8 Å². The molecule has 0 atom stereocenters. The van der Waals surface area contributed by atoms with E-state index in [2.05, 4.69) is 0 Å². The number of fused-ring (bicyclic) bond motifs is 1. The van der Waals surface area contributed by atoms with Crippen LogP contribution in [0, 0.1) is 12.7 Å². The maximum Gasteiger partial charge on any atom is 0.251 e. The Kier molecular flexibility index (Phi) is 5.43. The van der Waals surface area contributed by atoms with Crippen molar-refractivity contribution >= 4 is 17.2 Å². The Labute approximate surface area is 116 Å². The molecular weight excluding hydrogens is 261 g/mol. The van der Waals surface area contributed by atoms with Crippen molar-refractivity contribution in [3.63, 3.8) is 0 Å². The Balaban J connectivity index is 0.000000956. The number of hydrogen-bond donors (Lipinski definition) is 0. The molecule has 108 valence electrons. The summed E-state index contributed by atoms with van der Waals surface area (Å²) in [5, 5.41) is 0.722. The summed E-state index contributed by atoms with van der Waals surface area (Å²) in [6.45, 7) is 5.52. The number of aryl methyl sites for hydroxylation is 2. The number of halogens is 1. The van der Waals surface area contributed by atoms with E-state index in [0.717, 1.165) is 10.9 Å². The minimum atomic E-state index is -0.593.